The maximum absolute atomic E-state index is 12.3. The van der Waals surface area contributed by atoms with Crippen molar-refractivity contribution in [2.75, 3.05) is 6.54 Å². The third-order valence-corrected chi connectivity index (χ3v) is 4.24. The summed E-state index contributed by atoms with van der Waals surface area (Å²) >= 11 is 0. The van der Waals surface area contributed by atoms with Crippen LogP contribution in [0.4, 0.5) is 0 Å². The number of hydroxylamine groups is 2. The van der Waals surface area contributed by atoms with Gasteiger partial charge in [-0.3, -0.25) is 35.2 Å². The lowest BCUT2D eigenvalue weighted by Crippen LogP contribution is -2.46. The van der Waals surface area contributed by atoms with Crippen molar-refractivity contribution in [1.82, 2.24) is 15.9 Å². The fraction of sp³-hybridized carbons (Fsp3) is 0.444. The van der Waals surface area contributed by atoms with Gasteiger partial charge in [-0.2, -0.15) is 0 Å². The van der Waals surface area contributed by atoms with Crippen LogP contribution in [-0.4, -0.2) is 41.0 Å². The van der Waals surface area contributed by atoms with Gasteiger partial charge in [0, 0.05) is 11.1 Å². The van der Waals surface area contributed by atoms with Gasteiger partial charge in [0.2, 0.25) is 12.3 Å². The van der Waals surface area contributed by atoms with Crippen molar-refractivity contribution >= 4 is 24.2 Å². The zero-order chi connectivity index (χ0) is 19.8. The molecule has 1 aliphatic heterocycles. The number of unbranched alkanes of at least 4 members (excludes halogenated alkanes) is 2. The zero-order valence-electron chi connectivity index (χ0n) is 15.1. The van der Waals surface area contributed by atoms with Gasteiger partial charge in [0.25, 0.3) is 5.91 Å². The van der Waals surface area contributed by atoms with Gasteiger partial charge in [-0.15, -0.1) is 0 Å². The molecule has 0 saturated heterocycles. The Hall–Kier alpha value is -2.94. The molecule has 0 fully saturated rings. The van der Waals surface area contributed by atoms with E-state index in [0.29, 0.717) is 22.8 Å². The number of ether oxygens (including phenoxy) is 1. The van der Waals surface area contributed by atoms with Crippen LogP contribution >= 0.6 is 0 Å². The van der Waals surface area contributed by atoms with E-state index in [4.69, 9.17) is 4.74 Å². The van der Waals surface area contributed by atoms with Crippen molar-refractivity contribution in [2.45, 2.75) is 39.0 Å². The van der Waals surface area contributed by atoms with Crippen molar-refractivity contribution in [2.24, 2.45) is 5.92 Å². The number of rotatable bonds is 9. The molecule has 146 valence electrons. The maximum Gasteiger partial charge on any atom is 0.315 e. The summed E-state index contributed by atoms with van der Waals surface area (Å²) in [6.07, 6.45) is 3.43. The monoisotopic (exact) mass is 377 g/mol. The quantitative estimate of drug-likeness (QED) is 0.147. The second kappa shape index (κ2) is 9.67. The van der Waals surface area contributed by atoms with Gasteiger partial charge in [0.05, 0.1) is 18.9 Å². The van der Waals surface area contributed by atoms with Gasteiger partial charge >= 0.3 is 5.97 Å². The molecular weight excluding hydrogens is 354 g/mol. The summed E-state index contributed by atoms with van der Waals surface area (Å²) in [5, 5.41) is 9.77. The second-order valence-corrected chi connectivity index (χ2v) is 6.34. The highest BCUT2D eigenvalue weighted by Gasteiger charge is 2.23. The van der Waals surface area contributed by atoms with Crippen LogP contribution in [0, 0.1) is 5.92 Å². The Labute approximate surface area is 156 Å². The Balaban J connectivity index is 1.93. The first-order chi connectivity index (χ1) is 12.9. The minimum atomic E-state index is -0.655. The standard InChI is InChI=1S/C18H23N3O6/c1-2-3-4-5-13(10-21(26)11-22)18(25)20-19-17(24)12-6-7-15-14(8-12)9-16(23)27-15/h6-8,11,13,26H,2-5,9-10H2,1H3,(H,19,24)(H,20,25)/t13-/m1/s1. The molecule has 1 aliphatic rings. The van der Waals surface area contributed by atoms with E-state index in [2.05, 4.69) is 10.9 Å². The van der Waals surface area contributed by atoms with Crippen LogP contribution < -0.4 is 15.6 Å². The number of nitrogens with zero attached hydrogens (tertiary/aromatic N) is 1. The molecule has 0 spiro atoms. The largest absolute Gasteiger partial charge is 0.426 e. The van der Waals surface area contributed by atoms with Crippen LogP contribution in [0.25, 0.3) is 0 Å². The third-order valence-electron chi connectivity index (χ3n) is 4.24. The first-order valence-electron chi connectivity index (χ1n) is 8.79. The number of amides is 3. The molecule has 0 unspecified atom stereocenters. The van der Waals surface area contributed by atoms with Crippen LogP contribution in [0.15, 0.2) is 18.2 Å². The fourth-order valence-electron chi connectivity index (χ4n) is 2.78. The molecule has 9 nitrogen and oxygen atoms in total. The summed E-state index contributed by atoms with van der Waals surface area (Å²) in [6, 6.07) is 4.54. The molecule has 0 radical (unpaired) electrons. The minimum Gasteiger partial charge on any atom is -0.426 e. The van der Waals surface area contributed by atoms with E-state index in [9.17, 15) is 24.4 Å². The summed E-state index contributed by atoms with van der Waals surface area (Å²) in [5.41, 5.74) is 5.51. The molecule has 0 aromatic heterocycles. The lowest BCUT2D eigenvalue weighted by atomic mass is 10.0. The highest BCUT2D eigenvalue weighted by Crippen LogP contribution is 2.26. The van der Waals surface area contributed by atoms with E-state index < -0.39 is 17.7 Å². The summed E-state index contributed by atoms with van der Waals surface area (Å²) in [7, 11) is 0. The predicted molar refractivity (Wildman–Crippen MR) is 93.6 cm³/mol. The van der Waals surface area contributed by atoms with Gasteiger partial charge < -0.3 is 4.74 Å². The van der Waals surface area contributed by atoms with Gasteiger partial charge in [-0.05, 0) is 24.6 Å². The molecule has 3 amide bonds. The molecule has 3 N–H and O–H groups in total. The number of benzene rings is 1. The number of fused-ring (bicyclic) bond motifs is 1. The van der Waals surface area contributed by atoms with Crippen molar-refractivity contribution in [3.8, 4) is 5.75 Å². The van der Waals surface area contributed by atoms with Crippen molar-refractivity contribution in [1.29, 1.82) is 0 Å². The molecular formula is C18H23N3O6. The zero-order valence-corrected chi connectivity index (χ0v) is 15.1. The number of carbonyl (C=O) groups is 4. The Morgan fingerprint density at radius 1 is 1.33 bits per heavy atom. The first-order valence-corrected chi connectivity index (χ1v) is 8.79. The van der Waals surface area contributed by atoms with E-state index >= 15 is 0 Å². The molecule has 1 heterocycles. The number of hydrogen-bond donors (Lipinski definition) is 3. The first kappa shape index (κ1) is 20.4. The number of hydrazine groups is 1. The Bertz CT molecular complexity index is 721. The average Bonchev–Trinajstić information content (AvgIpc) is 3.04. The highest BCUT2D eigenvalue weighted by molar-refractivity contribution is 5.96. The van der Waals surface area contributed by atoms with Crippen LogP contribution in [-0.2, 0) is 20.8 Å². The van der Waals surface area contributed by atoms with Gasteiger partial charge in [0.15, 0.2) is 0 Å². The Morgan fingerprint density at radius 2 is 2.11 bits per heavy atom. The maximum atomic E-state index is 12.3. The highest BCUT2D eigenvalue weighted by atomic mass is 16.5. The normalized spacial score (nSPS) is 13.3. The fourth-order valence-corrected chi connectivity index (χ4v) is 2.78. The molecule has 9 heteroatoms. The topological polar surface area (TPSA) is 125 Å². The van der Waals surface area contributed by atoms with Crippen LogP contribution in [0.1, 0.15) is 48.5 Å². The lowest BCUT2D eigenvalue weighted by Gasteiger charge is -2.19. The second-order valence-electron chi connectivity index (χ2n) is 6.34. The average molecular weight is 377 g/mol. The van der Waals surface area contributed by atoms with Gasteiger partial charge in [0.1, 0.15) is 5.75 Å². The molecule has 0 bridgehead atoms. The van der Waals surface area contributed by atoms with E-state index in [0.717, 1.165) is 19.3 Å². The van der Waals surface area contributed by atoms with E-state index in [-0.39, 0.29) is 30.9 Å². The van der Waals surface area contributed by atoms with E-state index in [1.54, 1.807) is 0 Å². The number of nitrogens with one attached hydrogen (secondary N) is 2. The van der Waals surface area contributed by atoms with E-state index in [1.165, 1.54) is 18.2 Å². The molecule has 27 heavy (non-hydrogen) atoms. The van der Waals surface area contributed by atoms with Gasteiger partial charge in [-0.25, -0.2) is 5.06 Å². The SMILES string of the molecule is CCCCC[C@H](CN(O)C=O)C(=O)NNC(=O)c1ccc2c(c1)CC(=O)O2. The summed E-state index contributed by atoms with van der Waals surface area (Å²) in [4.78, 5) is 46.4. The van der Waals surface area contributed by atoms with E-state index in [1.807, 2.05) is 6.92 Å². The number of carbonyl (C=O) groups excluding carboxylic acids is 4. The van der Waals surface area contributed by atoms with Crippen molar-refractivity contribution < 1.29 is 29.1 Å². The third kappa shape index (κ3) is 5.78. The summed E-state index contributed by atoms with van der Waals surface area (Å²) in [5.74, 6) is -1.66. The van der Waals surface area contributed by atoms with Gasteiger partial charge in [-0.1, -0.05) is 26.2 Å². The van der Waals surface area contributed by atoms with Crippen LogP contribution in [0.5, 0.6) is 5.75 Å². The molecule has 1 aromatic rings. The lowest BCUT2D eigenvalue weighted by molar-refractivity contribution is -0.154. The minimum absolute atomic E-state index is 0.0976. The Morgan fingerprint density at radius 3 is 2.81 bits per heavy atom. The summed E-state index contributed by atoms with van der Waals surface area (Å²) in [6.45, 7) is 1.86. The summed E-state index contributed by atoms with van der Waals surface area (Å²) < 4.78 is 4.97. The Kier molecular flexibility index (Phi) is 7.30. The van der Waals surface area contributed by atoms with Crippen molar-refractivity contribution in [3.63, 3.8) is 0 Å². The molecule has 1 atom stereocenters. The predicted octanol–water partition coefficient (Wildman–Crippen LogP) is 0.953. The van der Waals surface area contributed by atoms with Crippen molar-refractivity contribution in [3.05, 3.63) is 29.3 Å². The smallest absolute Gasteiger partial charge is 0.315 e. The van der Waals surface area contributed by atoms with Crippen LogP contribution in [0.3, 0.4) is 0 Å². The number of esters is 1. The molecule has 0 aliphatic carbocycles. The molecule has 0 saturated carbocycles. The number of hydrogen-bond acceptors (Lipinski definition) is 6. The van der Waals surface area contributed by atoms with Crippen LogP contribution in [0.2, 0.25) is 0 Å². The molecule has 2 rings (SSSR count). The molecule has 1 aromatic carbocycles.